The quantitative estimate of drug-likeness (QED) is 0.688. The summed E-state index contributed by atoms with van der Waals surface area (Å²) in [4.78, 5) is 30.3. The van der Waals surface area contributed by atoms with Gasteiger partial charge in [-0.05, 0) is 25.1 Å². The molecule has 1 atom stereocenters. The molecule has 0 aliphatic carbocycles. The van der Waals surface area contributed by atoms with Gasteiger partial charge in [-0.3, -0.25) is 18.8 Å². The molecule has 0 amide bonds. The molecule has 7 heteroatoms. The van der Waals surface area contributed by atoms with E-state index in [2.05, 4.69) is 11.1 Å². The minimum Gasteiger partial charge on any atom is -0.494 e. The van der Waals surface area contributed by atoms with Crippen LogP contribution in [0.5, 0.6) is 5.88 Å². The van der Waals surface area contributed by atoms with Crippen molar-refractivity contribution in [2.45, 2.75) is 12.5 Å². The molecule has 0 saturated carbocycles. The molecule has 1 aliphatic heterocycles. The number of aromatic amines is 1. The van der Waals surface area contributed by atoms with Crippen LogP contribution in [0, 0.1) is 0 Å². The van der Waals surface area contributed by atoms with Crippen molar-refractivity contribution in [3.63, 3.8) is 0 Å². The second kappa shape index (κ2) is 5.35. The average molecular weight is 340 g/mol. The number of aromatic nitrogens is 3. The third kappa shape index (κ3) is 2.09. The number of H-pyrrole nitrogens is 1. The van der Waals surface area contributed by atoms with Crippen LogP contribution in [0.3, 0.4) is 0 Å². The molecule has 0 spiro atoms. The number of fused-ring (bicyclic) bond motifs is 3. The monoisotopic (exact) mass is 340 g/mol. The first kappa shape index (κ1) is 15.7. The Morgan fingerprint density at radius 2 is 1.84 bits per heavy atom. The number of likely N-dealkylation sites (N-methyl/N-ethyl adjacent to an activating group) is 1. The molecule has 0 unspecified atom stereocenters. The van der Waals surface area contributed by atoms with Crippen LogP contribution in [-0.2, 0) is 20.5 Å². The number of rotatable bonds is 1. The highest BCUT2D eigenvalue weighted by atomic mass is 16.3. The van der Waals surface area contributed by atoms with Crippen molar-refractivity contribution in [3.05, 3.63) is 61.9 Å². The lowest BCUT2D eigenvalue weighted by molar-refractivity contribution is 0.249. The Morgan fingerprint density at radius 3 is 2.60 bits per heavy atom. The molecule has 130 valence electrons. The first-order valence-corrected chi connectivity index (χ1v) is 8.20. The zero-order valence-corrected chi connectivity index (χ0v) is 14.4. The Hall–Kier alpha value is -2.80. The molecule has 0 saturated heterocycles. The predicted molar refractivity (Wildman–Crippen MR) is 95.1 cm³/mol. The van der Waals surface area contributed by atoms with Gasteiger partial charge in [0.2, 0.25) is 5.88 Å². The summed E-state index contributed by atoms with van der Waals surface area (Å²) in [6.45, 7) is 0.755. The molecule has 0 radical (unpaired) electrons. The fraction of sp³-hybridized carbons (Fsp3) is 0.333. The molecule has 7 nitrogen and oxygen atoms in total. The molecule has 3 heterocycles. The maximum Gasteiger partial charge on any atom is 0.333 e. The summed E-state index contributed by atoms with van der Waals surface area (Å²) in [6.07, 6.45) is 0.860. The van der Waals surface area contributed by atoms with E-state index in [1.165, 1.54) is 14.1 Å². The standard InChI is InChI=1S/C18H20N4O3/c1-20-9-8-11-10-6-4-5-7-12(10)19-14(11)15(20)13-16(23)21(2)18(25)22(3)17(13)24/h4-7,15,19,23H,8-9H2,1-3H3/t15-/m0/s1. The normalized spacial score (nSPS) is 17.8. The van der Waals surface area contributed by atoms with Crippen molar-refractivity contribution in [2.24, 2.45) is 14.1 Å². The zero-order valence-electron chi connectivity index (χ0n) is 14.4. The van der Waals surface area contributed by atoms with Gasteiger partial charge in [0, 0.05) is 37.2 Å². The van der Waals surface area contributed by atoms with Crippen LogP contribution >= 0.6 is 0 Å². The lowest BCUT2D eigenvalue weighted by Gasteiger charge is -2.33. The first-order valence-electron chi connectivity index (χ1n) is 8.20. The summed E-state index contributed by atoms with van der Waals surface area (Å²) in [5.41, 5.74) is 2.29. The van der Waals surface area contributed by atoms with E-state index < -0.39 is 17.3 Å². The highest BCUT2D eigenvalue weighted by Crippen LogP contribution is 2.38. The van der Waals surface area contributed by atoms with Gasteiger partial charge in [-0.1, -0.05) is 18.2 Å². The third-order valence-corrected chi connectivity index (χ3v) is 5.22. The maximum atomic E-state index is 12.8. The van der Waals surface area contributed by atoms with Crippen LogP contribution in [0.25, 0.3) is 10.9 Å². The first-order chi connectivity index (χ1) is 11.9. The van der Waals surface area contributed by atoms with Gasteiger partial charge >= 0.3 is 5.69 Å². The lowest BCUT2D eigenvalue weighted by Crippen LogP contribution is -2.43. The molecule has 4 rings (SSSR count). The van der Waals surface area contributed by atoms with Crippen LogP contribution in [0.4, 0.5) is 0 Å². The number of aromatic hydroxyl groups is 1. The molecule has 0 fully saturated rings. The van der Waals surface area contributed by atoms with Crippen LogP contribution in [-0.4, -0.2) is 37.7 Å². The van der Waals surface area contributed by atoms with E-state index in [4.69, 9.17) is 0 Å². The number of nitrogens with one attached hydrogen (secondary N) is 1. The van der Waals surface area contributed by atoms with E-state index in [9.17, 15) is 14.7 Å². The Kier molecular flexibility index (Phi) is 3.36. The molecular weight excluding hydrogens is 320 g/mol. The third-order valence-electron chi connectivity index (χ3n) is 5.22. The summed E-state index contributed by atoms with van der Waals surface area (Å²) in [7, 11) is 4.82. The van der Waals surface area contributed by atoms with Crippen molar-refractivity contribution in [3.8, 4) is 5.88 Å². The van der Waals surface area contributed by atoms with Crippen molar-refractivity contribution in [2.75, 3.05) is 13.6 Å². The predicted octanol–water partition coefficient (Wildman–Crippen LogP) is 0.848. The molecule has 1 aromatic carbocycles. The lowest BCUT2D eigenvalue weighted by atomic mass is 9.94. The van der Waals surface area contributed by atoms with E-state index in [0.29, 0.717) is 0 Å². The highest BCUT2D eigenvalue weighted by molar-refractivity contribution is 5.85. The van der Waals surface area contributed by atoms with Crippen LogP contribution in [0.2, 0.25) is 0 Å². The average Bonchev–Trinajstić information content (AvgIpc) is 2.99. The largest absolute Gasteiger partial charge is 0.494 e. The molecule has 25 heavy (non-hydrogen) atoms. The minimum atomic E-state index is -0.540. The fourth-order valence-electron chi connectivity index (χ4n) is 3.82. The highest BCUT2D eigenvalue weighted by Gasteiger charge is 2.34. The maximum absolute atomic E-state index is 12.8. The van der Waals surface area contributed by atoms with E-state index in [-0.39, 0.29) is 11.4 Å². The van der Waals surface area contributed by atoms with Crippen LogP contribution in [0.1, 0.15) is 22.9 Å². The van der Waals surface area contributed by atoms with Crippen molar-refractivity contribution < 1.29 is 5.11 Å². The second-order valence-electron chi connectivity index (χ2n) is 6.64. The Bertz CT molecular complexity index is 1110. The van der Waals surface area contributed by atoms with Gasteiger partial charge in [0.15, 0.2) is 0 Å². The molecule has 2 N–H and O–H groups in total. The van der Waals surface area contributed by atoms with Crippen molar-refractivity contribution >= 4 is 10.9 Å². The fourth-order valence-corrected chi connectivity index (χ4v) is 3.82. The van der Waals surface area contributed by atoms with Gasteiger partial charge in [-0.25, -0.2) is 4.79 Å². The summed E-state index contributed by atoms with van der Waals surface area (Å²) in [6, 6.07) is 7.59. The van der Waals surface area contributed by atoms with E-state index >= 15 is 0 Å². The second-order valence-corrected chi connectivity index (χ2v) is 6.64. The summed E-state index contributed by atoms with van der Waals surface area (Å²) < 4.78 is 2.15. The molecule has 1 aliphatic rings. The van der Waals surface area contributed by atoms with Crippen molar-refractivity contribution in [1.29, 1.82) is 0 Å². The number of benzene rings is 1. The van der Waals surface area contributed by atoms with Gasteiger partial charge < -0.3 is 10.1 Å². The minimum absolute atomic E-state index is 0.222. The molecule has 0 bridgehead atoms. The topological polar surface area (TPSA) is 83.3 Å². The Labute approximate surface area is 143 Å². The van der Waals surface area contributed by atoms with Gasteiger partial charge in [0.05, 0.1) is 6.04 Å². The van der Waals surface area contributed by atoms with Gasteiger partial charge in [-0.15, -0.1) is 0 Å². The smallest absolute Gasteiger partial charge is 0.333 e. The summed E-state index contributed by atoms with van der Waals surface area (Å²) in [5.74, 6) is -0.281. The van der Waals surface area contributed by atoms with E-state index in [1.807, 2.05) is 30.1 Å². The number of para-hydroxylation sites is 1. The van der Waals surface area contributed by atoms with Crippen LogP contribution in [0.15, 0.2) is 33.9 Å². The SMILES string of the molecule is CN1CCc2c([nH]c3ccccc23)[C@@H]1c1c(O)n(C)c(=O)n(C)c1=O. The van der Waals surface area contributed by atoms with E-state index in [1.54, 1.807) is 0 Å². The molecular formula is C18H20N4O3. The summed E-state index contributed by atoms with van der Waals surface area (Å²) in [5, 5.41) is 11.7. The van der Waals surface area contributed by atoms with E-state index in [0.717, 1.165) is 44.3 Å². The van der Waals surface area contributed by atoms with Crippen LogP contribution < -0.4 is 11.2 Å². The molecule has 2 aromatic heterocycles. The van der Waals surface area contributed by atoms with Gasteiger partial charge in [0.25, 0.3) is 5.56 Å². The number of nitrogens with zero attached hydrogens (tertiary/aromatic N) is 3. The summed E-state index contributed by atoms with van der Waals surface area (Å²) >= 11 is 0. The molecule has 3 aromatic rings. The van der Waals surface area contributed by atoms with Crippen molar-refractivity contribution in [1.82, 2.24) is 19.0 Å². The van der Waals surface area contributed by atoms with Gasteiger partial charge in [-0.2, -0.15) is 0 Å². The Balaban J connectivity index is 2.05. The number of hydrogen-bond acceptors (Lipinski definition) is 4. The Morgan fingerprint density at radius 1 is 1.12 bits per heavy atom. The number of hydrogen-bond donors (Lipinski definition) is 2. The zero-order chi connectivity index (χ0) is 17.9. The van der Waals surface area contributed by atoms with Gasteiger partial charge in [0.1, 0.15) is 5.56 Å².